The van der Waals surface area contributed by atoms with Crippen LogP contribution in [0.3, 0.4) is 0 Å². The van der Waals surface area contributed by atoms with Crippen molar-refractivity contribution in [2.75, 3.05) is 26.3 Å². The minimum absolute atomic E-state index is 0.0987. The van der Waals surface area contributed by atoms with Crippen molar-refractivity contribution in [3.63, 3.8) is 0 Å². The van der Waals surface area contributed by atoms with Gasteiger partial charge in [-0.15, -0.1) is 5.10 Å². The summed E-state index contributed by atoms with van der Waals surface area (Å²) in [6, 6.07) is 8.00. The number of nitrogens with zero attached hydrogens (tertiary/aromatic N) is 4. The highest BCUT2D eigenvalue weighted by molar-refractivity contribution is 7.17. The Bertz CT molecular complexity index is 930. The monoisotopic (exact) mass is 388 g/mol. The van der Waals surface area contributed by atoms with Gasteiger partial charge >= 0.3 is 0 Å². The molecule has 144 valence electrons. The van der Waals surface area contributed by atoms with Crippen molar-refractivity contribution >= 4 is 16.3 Å². The second-order valence-electron chi connectivity index (χ2n) is 6.93. The second-order valence-corrected chi connectivity index (χ2v) is 7.94. The van der Waals surface area contributed by atoms with E-state index in [4.69, 9.17) is 9.47 Å². The summed E-state index contributed by atoms with van der Waals surface area (Å²) in [5.41, 5.74) is 1.08. The summed E-state index contributed by atoms with van der Waals surface area (Å²) >= 11 is 1.48. The standard InChI is InChI=1S/C19H24N4O3S/c1-12(2)26-15-6-4-5-14(11-15)16(22-7-9-25-10-8-22)17-18(24)23-19(27-17)20-13(3)21-23/h4-6,11-12,16,24H,7-10H2,1-3H3. The Kier molecular flexibility index (Phi) is 5.03. The maximum atomic E-state index is 10.9. The number of aryl methyl sites for hydroxylation is 1. The third-order valence-electron chi connectivity index (χ3n) is 4.51. The Morgan fingerprint density at radius 2 is 2.04 bits per heavy atom. The van der Waals surface area contributed by atoms with Crippen LogP contribution in [0.5, 0.6) is 11.6 Å². The Labute approximate surface area is 162 Å². The maximum Gasteiger partial charge on any atom is 0.230 e. The van der Waals surface area contributed by atoms with E-state index in [2.05, 4.69) is 27.1 Å². The average molecular weight is 388 g/mol. The van der Waals surface area contributed by atoms with E-state index >= 15 is 0 Å². The van der Waals surface area contributed by atoms with E-state index in [-0.39, 0.29) is 18.0 Å². The van der Waals surface area contributed by atoms with Gasteiger partial charge in [0.15, 0.2) is 0 Å². The Hall–Kier alpha value is -2.16. The van der Waals surface area contributed by atoms with Crippen LogP contribution in [0.25, 0.3) is 4.96 Å². The summed E-state index contributed by atoms with van der Waals surface area (Å²) < 4.78 is 12.9. The van der Waals surface area contributed by atoms with Crippen LogP contribution in [0.4, 0.5) is 0 Å². The summed E-state index contributed by atoms with van der Waals surface area (Å²) in [6.45, 7) is 8.81. The number of morpholine rings is 1. The van der Waals surface area contributed by atoms with Gasteiger partial charge < -0.3 is 14.6 Å². The SMILES string of the molecule is Cc1nc2sc(C(c3cccc(OC(C)C)c3)N3CCOCC3)c(O)n2n1. The number of hydrogen-bond donors (Lipinski definition) is 1. The molecule has 0 bridgehead atoms. The van der Waals surface area contributed by atoms with Crippen LogP contribution >= 0.6 is 11.3 Å². The quantitative estimate of drug-likeness (QED) is 0.724. The molecule has 1 fully saturated rings. The molecule has 3 aromatic rings. The van der Waals surface area contributed by atoms with Gasteiger partial charge in [-0.1, -0.05) is 23.5 Å². The summed E-state index contributed by atoms with van der Waals surface area (Å²) in [6.07, 6.45) is 0.104. The minimum Gasteiger partial charge on any atom is -0.492 e. The first-order valence-electron chi connectivity index (χ1n) is 9.16. The molecule has 1 saturated heterocycles. The largest absolute Gasteiger partial charge is 0.492 e. The fourth-order valence-corrected chi connectivity index (χ4v) is 4.58. The lowest BCUT2D eigenvalue weighted by atomic mass is 10.0. The molecule has 0 amide bonds. The predicted octanol–water partition coefficient (Wildman–Crippen LogP) is 3.01. The number of rotatable bonds is 5. The molecule has 1 aliphatic rings. The van der Waals surface area contributed by atoms with E-state index in [9.17, 15) is 5.11 Å². The molecule has 27 heavy (non-hydrogen) atoms. The zero-order valence-electron chi connectivity index (χ0n) is 15.8. The molecule has 0 spiro atoms. The lowest BCUT2D eigenvalue weighted by Gasteiger charge is -2.34. The van der Waals surface area contributed by atoms with Gasteiger partial charge in [0.25, 0.3) is 0 Å². The van der Waals surface area contributed by atoms with Crippen LogP contribution in [0, 0.1) is 6.92 Å². The van der Waals surface area contributed by atoms with E-state index in [1.165, 1.54) is 15.9 Å². The van der Waals surface area contributed by atoms with Gasteiger partial charge in [0.2, 0.25) is 10.8 Å². The molecule has 4 rings (SSSR count). The van der Waals surface area contributed by atoms with Gasteiger partial charge in [-0.2, -0.15) is 4.52 Å². The highest BCUT2D eigenvalue weighted by Crippen LogP contribution is 2.40. The van der Waals surface area contributed by atoms with Gasteiger partial charge in [-0.25, -0.2) is 4.98 Å². The maximum absolute atomic E-state index is 10.9. The van der Waals surface area contributed by atoms with Crippen LogP contribution in [-0.4, -0.2) is 57.0 Å². The first kappa shape index (κ1) is 18.2. The molecule has 0 aliphatic carbocycles. The van der Waals surface area contributed by atoms with Gasteiger partial charge in [-0.3, -0.25) is 4.90 Å². The topological polar surface area (TPSA) is 72.1 Å². The Morgan fingerprint density at radius 3 is 2.74 bits per heavy atom. The first-order chi connectivity index (χ1) is 13.0. The highest BCUT2D eigenvalue weighted by Gasteiger charge is 2.30. The van der Waals surface area contributed by atoms with Gasteiger partial charge in [0.05, 0.1) is 30.2 Å². The number of aromatic hydroxyl groups is 1. The number of aromatic nitrogens is 3. The number of thiazole rings is 1. The van der Waals surface area contributed by atoms with E-state index < -0.39 is 0 Å². The summed E-state index contributed by atoms with van der Waals surface area (Å²) in [5.74, 6) is 1.64. The van der Waals surface area contributed by atoms with Crippen molar-refractivity contribution in [3.8, 4) is 11.6 Å². The van der Waals surface area contributed by atoms with Crippen molar-refractivity contribution in [3.05, 3.63) is 40.5 Å². The van der Waals surface area contributed by atoms with E-state index in [1.807, 2.05) is 32.9 Å². The first-order valence-corrected chi connectivity index (χ1v) is 9.98. The summed E-state index contributed by atoms with van der Waals surface area (Å²) in [7, 11) is 0. The van der Waals surface area contributed by atoms with Crippen molar-refractivity contribution < 1.29 is 14.6 Å². The molecule has 2 aromatic heterocycles. The molecular formula is C19H24N4O3S. The van der Waals surface area contributed by atoms with Gasteiger partial charge in [0, 0.05) is 13.1 Å². The molecular weight excluding hydrogens is 364 g/mol. The smallest absolute Gasteiger partial charge is 0.230 e. The molecule has 1 aliphatic heterocycles. The minimum atomic E-state index is -0.0987. The molecule has 8 heteroatoms. The summed E-state index contributed by atoms with van der Waals surface area (Å²) in [5, 5.41) is 15.2. The Morgan fingerprint density at radius 1 is 1.26 bits per heavy atom. The fraction of sp³-hybridized carbons (Fsp3) is 0.474. The second kappa shape index (κ2) is 7.46. The molecule has 1 unspecified atom stereocenters. The van der Waals surface area contributed by atoms with Crippen molar-refractivity contribution in [1.29, 1.82) is 0 Å². The normalized spacial score (nSPS) is 16.9. The van der Waals surface area contributed by atoms with Crippen LogP contribution in [-0.2, 0) is 4.74 Å². The molecule has 1 aromatic carbocycles. The molecule has 3 heterocycles. The van der Waals surface area contributed by atoms with Crippen molar-refractivity contribution in [1.82, 2.24) is 19.5 Å². The van der Waals surface area contributed by atoms with Crippen LogP contribution in [0.2, 0.25) is 0 Å². The van der Waals surface area contributed by atoms with Crippen molar-refractivity contribution in [2.24, 2.45) is 0 Å². The molecule has 7 nitrogen and oxygen atoms in total. The average Bonchev–Trinajstić information content (AvgIpc) is 3.14. The number of hydrogen-bond acceptors (Lipinski definition) is 7. The van der Waals surface area contributed by atoms with Gasteiger partial charge in [-0.05, 0) is 38.5 Å². The zero-order chi connectivity index (χ0) is 19.0. The third kappa shape index (κ3) is 3.65. The van der Waals surface area contributed by atoms with Crippen LogP contribution in [0.1, 0.15) is 36.2 Å². The van der Waals surface area contributed by atoms with Crippen LogP contribution < -0.4 is 4.74 Å². The Balaban J connectivity index is 1.79. The zero-order valence-corrected chi connectivity index (χ0v) is 16.6. The lowest BCUT2D eigenvalue weighted by Crippen LogP contribution is -2.39. The van der Waals surface area contributed by atoms with E-state index in [1.54, 1.807) is 0 Å². The van der Waals surface area contributed by atoms with Gasteiger partial charge in [0.1, 0.15) is 11.6 Å². The number of ether oxygens (including phenoxy) is 2. The number of benzene rings is 1. The summed E-state index contributed by atoms with van der Waals surface area (Å²) in [4.78, 5) is 8.29. The molecule has 0 radical (unpaired) electrons. The third-order valence-corrected chi connectivity index (χ3v) is 5.58. The van der Waals surface area contributed by atoms with Crippen molar-refractivity contribution in [2.45, 2.75) is 32.9 Å². The fourth-order valence-electron chi connectivity index (χ4n) is 3.42. The number of fused-ring (bicyclic) bond motifs is 1. The lowest BCUT2D eigenvalue weighted by molar-refractivity contribution is 0.0240. The molecule has 1 atom stereocenters. The highest BCUT2D eigenvalue weighted by atomic mass is 32.1. The molecule has 1 N–H and O–H groups in total. The van der Waals surface area contributed by atoms with E-state index in [0.717, 1.165) is 29.3 Å². The molecule has 0 saturated carbocycles. The predicted molar refractivity (Wildman–Crippen MR) is 104 cm³/mol. The van der Waals surface area contributed by atoms with E-state index in [0.29, 0.717) is 24.0 Å². The van der Waals surface area contributed by atoms with Crippen LogP contribution in [0.15, 0.2) is 24.3 Å².